The molecule has 0 rings (SSSR count). The molecule has 1 N–H and O–H groups in total. The van der Waals surface area contributed by atoms with E-state index in [9.17, 15) is 4.79 Å². The minimum absolute atomic E-state index is 0.224. The van der Waals surface area contributed by atoms with Gasteiger partial charge >= 0.3 is 5.97 Å². The van der Waals surface area contributed by atoms with Crippen LogP contribution in [0.2, 0.25) is 0 Å². The minimum Gasteiger partial charge on any atom is -0.468 e. The molecule has 2 unspecified atom stereocenters. The van der Waals surface area contributed by atoms with Gasteiger partial charge in [0.05, 0.1) is 7.11 Å². The fourth-order valence-corrected chi connectivity index (χ4v) is 1.62. The van der Waals surface area contributed by atoms with Gasteiger partial charge in [-0.1, -0.05) is 13.8 Å². The maximum Gasteiger partial charge on any atom is 0.327 e. The lowest BCUT2D eigenvalue weighted by Gasteiger charge is -2.35. The van der Waals surface area contributed by atoms with Crippen molar-refractivity contribution in [2.45, 2.75) is 39.3 Å². The molecule has 0 spiro atoms. The molecule has 4 nitrogen and oxygen atoms in total. The second-order valence-electron chi connectivity index (χ2n) is 4.97. The highest BCUT2D eigenvalue weighted by molar-refractivity contribution is 5.80. The molecular weight excluding hydrogens is 204 g/mol. The van der Waals surface area contributed by atoms with Crippen molar-refractivity contribution in [3.8, 4) is 0 Å². The lowest BCUT2D eigenvalue weighted by molar-refractivity contribution is -0.148. The summed E-state index contributed by atoms with van der Waals surface area (Å²) >= 11 is 0. The van der Waals surface area contributed by atoms with Gasteiger partial charge in [0.1, 0.15) is 5.54 Å². The number of hydrogen-bond donors (Lipinski definition) is 1. The summed E-state index contributed by atoms with van der Waals surface area (Å²) in [6.45, 7) is 9.02. The molecule has 16 heavy (non-hydrogen) atoms. The number of likely N-dealkylation sites (N-methyl/N-ethyl adjacent to an activating group) is 2. The summed E-state index contributed by atoms with van der Waals surface area (Å²) in [5.74, 6) is 0.335. The second kappa shape index (κ2) is 6.21. The van der Waals surface area contributed by atoms with Gasteiger partial charge in [-0.15, -0.1) is 0 Å². The van der Waals surface area contributed by atoms with E-state index in [1.165, 1.54) is 7.11 Å². The van der Waals surface area contributed by atoms with E-state index >= 15 is 0 Å². The highest BCUT2D eigenvalue weighted by Gasteiger charge is 2.35. The van der Waals surface area contributed by atoms with Crippen LogP contribution in [0.1, 0.15) is 27.7 Å². The Morgan fingerprint density at radius 2 is 1.94 bits per heavy atom. The largest absolute Gasteiger partial charge is 0.468 e. The van der Waals surface area contributed by atoms with Crippen molar-refractivity contribution in [2.75, 3.05) is 27.7 Å². The fourth-order valence-electron chi connectivity index (χ4n) is 1.62. The van der Waals surface area contributed by atoms with E-state index < -0.39 is 5.54 Å². The van der Waals surface area contributed by atoms with Crippen molar-refractivity contribution >= 4 is 5.97 Å². The van der Waals surface area contributed by atoms with Gasteiger partial charge in [0, 0.05) is 12.6 Å². The SMILES string of the molecule is CNC(C)(CN(C)C(C)C(C)C)C(=O)OC. The summed E-state index contributed by atoms with van der Waals surface area (Å²) in [6, 6.07) is 0.428. The maximum atomic E-state index is 11.7. The number of hydrogen-bond acceptors (Lipinski definition) is 4. The zero-order valence-electron chi connectivity index (χ0n) is 11.6. The molecule has 0 bridgehead atoms. The molecule has 0 heterocycles. The standard InChI is InChI=1S/C12H26N2O2/c1-9(2)10(3)14(6)8-12(4,13-5)11(15)16-7/h9-10,13H,8H2,1-7H3. The van der Waals surface area contributed by atoms with Gasteiger partial charge in [-0.3, -0.25) is 4.79 Å². The maximum absolute atomic E-state index is 11.7. The number of nitrogens with one attached hydrogen (secondary N) is 1. The van der Waals surface area contributed by atoms with Crippen molar-refractivity contribution in [1.29, 1.82) is 0 Å². The molecule has 0 fully saturated rings. The lowest BCUT2D eigenvalue weighted by Crippen LogP contribution is -2.57. The monoisotopic (exact) mass is 230 g/mol. The van der Waals surface area contributed by atoms with Crippen LogP contribution in [0.15, 0.2) is 0 Å². The van der Waals surface area contributed by atoms with Gasteiger partial charge in [-0.25, -0.2) is 0 Å². The molecule has 2 atom stereocenters. The van der Waals surface area contributed by atoms with Crippen molar-refractivity contribution in [3.05, 3.63) is 0 Å². The van der Waals surface area contributed by atoms with Crippen LogP contribution in [0.3, 0.4) is 0 Å². The molecule has 0 radical (unpaired) electrons. The Hall–Kier alpha value is -0.610. The third-order valence-corrected chi connectivity index (χ3v) is 3.41. The molecule has 0 aliphatic carbocycles. The van der Waals surface area contributed by atoms with E-state index in [0.29, 0.717) is 18.5 Å². The molecular formula is C12H26N2O2. The van der Waals surface area contributed by atoms with Crippen LogP contribution < -0.4 is 5.32 Å². The number of carbonyl (C=O) groups is 1. The average molecular weight is 230 g/mol. The highest BCUT2D eigenvalue weighted by Crippen LogP contribution is 2.13. The predicted molar refractivity (Wildman–Crippen MR) is 66.4 cm³/mol. The van der Waals surface area contributed by atoms with Crippen LogP contribution in [0, 0.1) is 5.92 Å². The first kappa shape index (κ1) is 15.4. The van der Waals surface area contributed by atoms with Gasteiger partial charge in [0.15, 0.2) is 0 Å². The summed E-state index contributed by atoms with van der Waals surface area (Å²) < 4.78 is 4.82. The molecule has 0 aliphatic rings. The Labute approximate surface area is 99.3 Å². The summed E-state index contributed by atoms with van der Waals surface area (Å²) in [4.78, 5) is 13.9. The normalized spacial score (nSPS) is 17.3. The van der Waals surface area contributed by atoms with Gasteiger partial charge in [0.25, 0.3) is 0 Å². The Bertz CT molecular complexity index is 231. The first-order valence-corrected chi connectivity index (χ1v) is 5.76. The van der Waals surface area contributed by atoms with E-state index in [4.69, 9.17) is 4.74 Å². The second-order valence-corrected chi connectivity index (χ2v) is 4.97. The van der Waals surface area contributed by atoms with E-state index in [0.717, 1.165) is 0 Å². The van der Waals surface area contributed by atoms with Gasteiger partial charge in [-0.2, -0.15) is 0 Å². The van der Waals surface area contributed by atoms with Crippen molar-refractivity contribution < 1.29 is 9.53 Å². The minimum atomic E-state index is -0.646. The first-order valence-electron chi connectivity index (χ1n) is 5.76. The van der Waals surface area contributed by atoms with E-state index in [1.54, 1.807) is 7.05 Å². The van der Waals surface area contributed by atoms with Crippen LogP contribution in [0.25, 0.3) is 0 Å². The molecule has 0 saturated heterocycles. The van der Waals surface area contributed by atoms with Crippen LogP contribution in [0.5, 0.6) is 0 Å². The van der Waals surface area contributed by atoms with Crippen LogP contribution in [0.4, 0.5) is 0 Å². The Kier molecular flexibility index (Phi) is 5.97. The molecule has 0 aromatic rings. The van der Waals surface area contributed by atoms with Gasteiger partial charge in [-0.05, 0) is 33.9 Å². The number of carbonyl (C=O) groups excluding carboxylic acids is 1. The molecule has 96 valence electrons. The molecule has 4 heteroatoms. The summed E-state index contributed by atoms with van der Waals surface area (Å²) in [5, 5.41) is 3.04. The van der Waals surface area contributed by atoms with Crippen molar-refractivity contribution in [1.82, 2.24) is 10.2 Å². The van der Waals surface area contributed by atoms with Crippen molar-refractivity contribution in [3.63, 3.8) is 0 Å². The topological polar surface area (TPSA) is 41.6 Å². The van der Waals surface area contributed by atoms with Crippen LogP contribution in [-0.4, -0.2) is 50.2 Å². The predicted octanol–water partition coefficient (Wildman–Crippen LogP) is 1.11. The Morgan fingerprint density at radius 1 is 1.44 bits per heavy atom. The van der Waals surface area contributed by atoms with Crippen molar-refractivity contribution in [2.24, 2.45) is 5.92 Å². The Morgan fingerprint density at radius 3 is 2.25 bits per heavy atom. The number of esters is 1. The van der Waals surface area contributed by atoms with Gasteiger partial charge < -0.3 is 15.0 Å². The zero-order chi connectivity index (χ0) is 12.9. The number of ether oxygens (including phenoxy) is 1. The molecule has 0 aromatic carbocycles. The highest BCUT2D eigenvalue weighted by atomic mass is 16.5. The number of rotatable bonds is 6. The van der Waals surface area contributed by atoms with E-state index in [-0.39, 0.29) is 5.97 Å². The summed E-state index contributed by atoms with van der Waals surface area (Å²) in [5.41, 5.74) is -0.646. The number of methoxy groups -OCH3 is 1. The van der Waals surface area contributed by atoms with Gasteiger partial charge in [0.2, 0.25) is 0 Å². The molecule has 0 aliphatic heterocycles. The third kappa shape index (κ3) is 3.76. The quantitative estimate of drug-likeness (QED) is 0.694. The third-order valence-electron chi connectivity index (χ3n) is 3.41. The van der Waals surface area contributed by atoms with E-state index in [2.05, 4.69) is 31.0 Å². The zero-order valence-corrected chi connectivity index (χ0v) is 11.6. The summed E-state index contributed by atoms with van der Waals surface area (Å²) in [6.07, 6.45) is 0. The van der Waals surface area contributed by atoms with E-state index in [1.807, 2.05) is 14.0 Å². The molecule has 0 aromatic heterocycles. The first-order chi connectivity index (χ1) is 7.28. The molecule has 0 saturated carbocycles. The van der Waals surface area contributed by atoms with Crippen LogP contribution >= 0.6 is 0 Å². The number of nitrogens with zero attached hydrogens (tertiary/aromatic N) is 1. The Balaban J connectivity index is 4.60. The fraction of sp³-hybridized carbons (Fsp3) is 0.917. The summed E-state index contributed by atoms with van der Waals surface area (Å²) in [7, 11) is 5.23. The smallest absolute Gasteiger partial charge is 0.327 e. The molecule has 0 amide bonds. The van der Waals surface area contributed by atoms with Crippen LogP contribution in [-0.2, 0) is 9.53 Å². The average Bonchev–Trinajstić information content (AvgIpc) is 2.26. The lowest BCUT2D eigenvalue weighted by atomic mass is 9.99.